The van der Waals surface area contributed by atoms with Crippen LogP contribution in [-0.2, 0) is 0 Å². The summed E-state index contributed by atoms with van der Waals surface area (Å²) in [7, 11) is 0. The van der Waals surface area contributed by atoms with Gasteiger partial charge in [-0.2, -0.15) is 0 Å². The molecule has 4 aromatic rings. The van der Waals surface area contributed by atoms with E-state index in [1.165, 1.54) is 6.26 Å². The molecular formula is C24H24N2O5. The minimum atomic E-state index is -0.621. The predicted molar refractivity (Wildman–Crippen MR) is 116 cm³/mol. The molecule has 3 heterocycles. The Kier molecular flexibility index (Phi) is 5.36. The smallest absolute Gasteiger partial charge is 0.289 e. The highest BCUT2D eigenvalue weighted by Gasteiger charge is 2.24. The molecule has 0 unspecified atom stereocenters. The number of para-hydroxylation sites is 1. The molecule has 5 rings (SSSR count). The molecule has 2 aromatic heterocycles. The maximum absolute atomic E-state index is 12.3. The standard InChI is InChI=1S/C24H24N2O5/c27-17(15-25-9-11-26(12-10-25)24(28)23-6-3-13-29-23)16-30-18-7-8-22-20(14-18)19-4-1-2-5-21(19)31-22/h1-8,13-14,17,27H,9-12,15-16H2/t17-/m0/s1. The number of rotatable bonds is 6. The summed E-state index contributed by atoms with van der Waals surface area (Å²) in [4.78, 5) is 16.3. The van der Waals surface area contributed by atoms with Crippen molar-refractivity contribution in [3.05, 3.63) is 66.6 Å². The minimum Gasteiger partial charge on any atom is -0.491 e. The maximum atomic E-state index is 12.3. The Morgan fingerprint density at radius 2 is 1.81 bits per heavy atom. The molecule has 1 fully saturated rings. The van der Waals surface area contributed by atoms with Crippen LogP contribution >= 0.6 is 0 Å². The lowest BCUT2D eigenvalue weighted by molar-refractivity contribution is 0.0389. The van der Waals surface area contributed by atoms with E-state index in [9.17, 15) is 9.90 Å². The highest BCUT2D eigenvalue weighted by atomic mass is 16.5. The van der Waals surface area contributed by atoms with Crippen LogP contribution < -0.4 is 4.74 Å². The predicted octanol–water partition coefficient (Wildman–Crippen LogP) is 3.38. The first kappa shape index (κ1) is 19.7. The van der Waals surface area contributed by atoms with Gasteiger partial charge in [0.05, 0.1) is 6.26 Å². The quantitative estimate of drug-likeness (QED) is 0.515. The molecule has 1 atom stereocenters. The normalized spacial score (nSPS) is 16.1. The summed E-state index contributed by atoms with van der Waals surface area (Å²) in [6, 6.07) is 17.0. The lowest BCUT2D eigenvalue weighted by atomic mass is 10.1. The molecule has 1 amide bonds. The van der Waals surface area contributed by atoms with E-state index in [4.69, 9.17) is 13.6 Å². The van der Waals surface area contributed by atoms with E-state index in [0.717, 1.165) is 21.9 Å². The van der Waals surface area contributed by atoms with E-state index in [2.05, 4.69) is 4.90 Å². The molecular weight excluding hydrogens is 396 g/mol. The number of nitrogens with zero attached hydrogens (tertiary/aromatic N) is 2. The Morgan fingerprint density at radius 3 is 2.61 bits per heavy atom. The van der Waals surface area contributed by atoms with Crippen LogP contribution in [0.3, 0.4) is 0 Å². The zero-order chi connectivity index (χ0) is 21.2. The number of furan rings is 2. The summed E-state index contributed by atoms with van der Waals surface area (Å²) >= 11 is 0. The second-order valence-electron chi connectivity index (χ2n) is 7.79. The fourth-order valence-corrected chi connectivity index (χ4v) is 4.03. The number of hydrogen-bond acceptors (Lipinski definition) is 6. The van der Waals surface area contributed by atoms with Crippen molar-refractivity contribution in [2.75, 3.05) is 39.3 Å². The summed E-state index contributed by atoms with van der Waals surface area (Å²) in [6.45, 7) is 3.33. The van der Waals surface area contributed by atoms with Crippen LogP contribution in [0.4, 0.5) is 0 Å². The fraction of sp³-hybridized carbons (Fsp3) is 0.292. The van der Waals surface area contributed by atoms with E-state index in [0.29, 0.717) is 44.2 Å². The molecule has 7 nitrogen and oxygen atoms in total. The first-order valence-electron chi connectivity index (χ1n) is 10.4. The van der Waals surface area contributed by atoms with Gasteiger partial charge in [-0.3, -0.25) is 9.69 Å². The Bertz CT molecular complexity index is 1180. The van der Waals surface area contributed by atoms with Crippen LogP contribution in [0.25, 0.3) is 21.9 Å². The van der Waals surface area contributed by atoms with E-state index in [-0.39, 0.29) is 12.5 Å². The molecule has 0 saturated carbocycles. The van der Waals surface area contributed by atoms with Gasteiger partial charge in [0.15, 0.2) is 5.76 Å². The SMILES string of the molecule is O=C(c1ccco1)N1CCN(C[C@H](O)COc2ccc3oc4ccccc4c3c2)CC1. The number of amides is 1. The lowest BCUT2D eigenvalue weighted by Gasteiger charge is -2.35. The second kappa shape index (κ2) is 8.45. The second-order valence-corrected chi connectivity index (χ2v) is 7.79. The number of piperazine rings is 1. The van der Waals surface area contributed by atoms with Gasteiger partial charge in [0.2, 0.25) is 0 Å². The summed E-state index contributed by atoms with van der Waals surface area (Å²) in [5.41, 5.74) is 1.66. The molecule has 1 saturated heterocycles. The first-order valence-corrected chi connectivity index (χ1v) is 10.4. The number of fused-ring (bicyclic) bond motifs is 3. The van der Waals surface area contributed by atoms with Gasteiger partial charge in [0.25, 0.3) is 5.91 Å². The number of aliphatic hydroxyl groups is 1. The van der Waals surface area contributed by atoms with Gasteiger partial charge in [-0.25, -0.2) is 0 Å². The van der Waals surface area contributed by atoms with Gasteiger partial charge in [-0.05, 0) is 36.4 Å². The molecule has 1 N–H and O–H groups in total. The summed E-state index contributed by atoms with van der Waals surface area (Å²) in [6.07, 6.45) is 0.885. The van der Waals surface area contributed by atoms with Crippen molar-refractivity contribution in [2.45, 2.75) is 6.10 Å². The fourth-order valence-electron chi connectivity index (χ4n) is 4.03. The van der Waals surface area contributed by atoms with E-state index in [1.807, 2.05) is 42.5 Å². The monoisotopic (exact) mass is 420 g/mol. The number of hydrogen-bond donors (Lipinski definition) is 1. The van der Waals surface area contributed by atoms with E-state index in [1.54, 1.807) is 17.0 Å². The van der Waals surface area contributed by atoms with Gasteiger partial charge >= 0.3 is 0 Å². The molecule has 0 aliphatic carbocycles. The minimum absolute atomic E-state index is 0.0873. The number of ether oxygens (including phenoxy) is 1. The van der Waals surface area contributed by atoms with Crippen molar-refractivity contribution >= 4 is 27.8 Å². The van der Waals surface area contributed by atoms with Crippen molar-refractivity contribution in [3.63, 3.8) is 0 Å². The Labute approximate surface area is 179 Å². The molecule has 31 heavy (non-hydrogen) atoms. The number of aliphatic hydroxyl groups excluding tert-OH is 1. The molecule has 1 aliphatic rings. The first-order chi connectivity index (χ1) is 15.2. The highest BCUT2D eigenvalue weighted by Crippen LogP contribution is 2.31. The number of benzene rings is 2. The van der Waals surface area contributed by atoms with Crippen LogP contribution in [0.15, 0.2) is 69.7 Å². The van der Waals surface area contributed by atoms with Crippen molar-refractivity contribution < 1.29 is 23.5 Å². The third-order valence-corrected chi connectivity index (χ3v) is 5.65. The van der Waals surface area contributed by atoms with Gasteiger partial charge in [-0.1, -0.05) is 18.2 Å². The molecule has 1 aliphatic heterocycles. The zero-order valence-corrected chi connectivity index (χ0v) is 17.1. The van der Waals surface area contributed by atoms with Crippen molar-refractivity contribution in [1.82, 2.24) is 9.80 Å². The molecule has 2 aromatic carbocycles. The van der Waals surface area contributed by atoms with Crippen molar-refractivity contribution in [3.8, 4) is 5.75 Å². The third-order valence-electron chi connectivity index (χ3n) is 5.65. The van der Waals surface area contributed by atoms with Crippen molar-refractivity contribution in [2.24, 2.45) is 0 Å². The van der Waals surface area contributed by atoms with E-state index < -0.39 is 6.10 Å². The van der Waals surface area contributed by atoms with Crippen LogP contribution in [0.5, 0.6) is 5.75 Å². The molecule has 0 radical (unpaired) electrons. The van der Waals surface area contributed by atoms with Crippen LogP contribution in [0.1, 0.15) is 10.6 Å². The number of carbonyl (C=O) groups excluding carboxylic acids is 1. The van der Waals surface area contributed by atoms with Gasteiger partial charge in [-0.15, -0.1) is 0 Å². The summed E-state index contributed by atoms with van der Waals surface area (Å²) in [5, 5.41) is 12.5. The molecule has 160 valence electrons. The molecule has 0 spiro atoms. The Balaban J connectivity index is 1.13. The van der Waals surface area contributed by atoms with Gasteiger partial charge in [0, 0.05) is 43.5 Å². The topological polar surface area (TPSA) is 79.3 Å². The number of carbonyl (C=O) groups is 1. The zero-order valence-electron chi connectivity index (χ0n) is 17.1. The lowest BCUT2D eigenvalue weighted by Crippen LogP contribution is -2.50. The summed E-state index contributed by atoms with van der Waals surface area (Å²) in [5.74, 6) is 0.979. The average molecular weight is 420 g/mol. The molecule has 0 bridgehead atoms. The van der Waals surface area contributed by atoms with Crippen LogP contribution in [0.2, 0.25) is 0 Å². The van der Waals surface area contributed by atoms with Gasteiger partial charge in [0.1, 0.15) is 29.6 Å². The van der Waals surface area contributed by atoms with Gasteiger partial charge < -0.3 is 23.6 Å². The highest BCUT2D eigenvalue weighted by molar-refractivity contribution is 6.05. The maximum Gasteiger partial charge on any atom is 0.289 e. The Hall–Kier alpha value is -3.29. The van der Waals surface area contributed by atoms with Crippen molar-refractivity contribution in [1.29, 1.82) is 0 Å². The largest absolute Gasteiger partial charge is 0.491 e. The molecule has 7 heteroatoms. The summed E-state index contributed by atoms with van der Waals surface area (Å²) < 4.78 is 16.9. The Morgan fingerprint density at radius 1 is 1.00 bits per heavy atom. The average Bonchev–Trinajstić information content (AvgIpc) is 3.46. The number of β-amino-alcohol motifs (C(OH)–C–C–N with tert-alkyl or cyclic N) is 1. The third kappa shape index (κ3) is 4.15. The van der Waals surface area contributed by atoms with E-state index >= 15 is 0 Å². The van der Waals surface area contributed by atoms with Crippen LogP contribution in [-0.4, -0.2) is 66.2 Å². The van der Waals surface area contributed by atoms with Crippen LogP contribution in [0, 0.1) is 0 Å².